The molecule has 0 aliphatic carbocycles. The molecule has 358 valence electrons. The smallest absolute Gasteiger partial charge is 0.160 e. The summed E-state index contributed by atoms with van der Waals surface area (Å²) in [7, 11) is 0. The van der Waals surface area contributed by atoms with Gasteiger partial charge in [0.05, 0.1) is 45.5 Å². The highest BCUT2D eigenvalue weighted by Gasteiger charge is 2.29. The van der Waals surface area contributed by atoms with Gasteiger partial charge in [-0.15, -0.1) is 0 Å². The van der Waals surface area contributed by atoms with Crippen LogP contribution in [0.25, 0.3) is 78.9 Å². The molecule has 2 aliphatic rings. The molecule has 76 heavy (non-hydrogen) atoms. The molecule has 0 saturated heterocycles. The molecule has 8 nitrogen and oxygen atoms in total. The fraction of sp³-hybridized carbons (Fsp3) is 0. The number of para-hydroxylation sites is 8. The molecule has 8 heteroatoms. The minimum atomic E-state index is 0.632. The largest absolute Gasteiger partial charge is 0.453 e. The van der Waals surface area contributed by atoms with Crippen molar-refractivity contribution in [1.82, 2.24) is 19.9 Å². The Bertz CT molecular complexity index is 3660. The zero-order valence-electron chi connectivity index (χ0n) is 40.9. The van der Waals surface area contributed by atoms with Gasteiger partial charge in [0.15, 0.2) is 34.6 Å². The average molecular weight is 977 g/mol. The molecule has 0 radical (unpaired) electrons. The number of hydrogen-bond donors (Lipinski definition) is 0. The summed E-state index contributed by atoms with van der Waals surface area (Å²) in [6.45, 7) is 0. The predicted molar refractivity (Wildman–Crippen MR) is 305 cm³/mol. The predicted octanol–water partition coefficient (Wildman–Crippen LogP) is 18.1. The summed E-state index contributed by atoms with van der Waals surface area (Å²) < 4.78 is 13.2. The van der Waals surface area contributed by atoms with Crippen LogP contribution in [0, 0.1) is 0 Å². The van der Waals surface area contributed by atoms with Crippen molar-refractivity contribution >= 4 is 34.1 Å². The van der Waals surface area contributed by atoms with Crippen LogP contribution in [0.5, 0.6) is 23.0 Å². The first-order valence-corrected chi connectivity index (χ1v) is 25.3. The molecule has 2 aliphatic heterocycles. The van der Waals surface area contributed by atoms with Crippen molar-refractivity contribution in [3.05, 3.63) is 267 Å². The van der Waals surface area contributed by atoms with Gasteiger partial charge in [-0.2, -0.15) is 0 Å². The lowest BCUT2D eigenvalue weighted by atomic mass is 9.95. The number of nitrogens with zero attached hydrogens (tertiary/aromatic N) is 6. The van der Waals surface area contributed by atoms with Crippen LogP contribution in [-0.2, 0) is 0 Å². The second kappa shape index (κ2) is 18.9. The fourth-order valence-corrected chi connectivity index (χ4v) is 10.2. The van der Waals surface area contributed by atoms with E-state index >= 15 is 0 Å². The second-order valence-corrected chi connectivity index (χ2v) is 18.7. The Morgan fingerprint density at radius 2 is 0.487 bits per heavy atom. The first-order valence-electron chi connectivity index (χ1n) is 25.3. The van der Waals surface area contributed by atoms with Gasteiger partial charge in [-0.1, -0.05) is 170 Å². The van der Waals surface area contributed by atoms with Crippen LogP contribution in [0.3, 0.4) is 0 Å². The normalized spacial score (nSPS) is 12.1. The third-order valence-corrected chi connectivity index (χ3v) is 13.8. The summed E-state index contributed by atoms with van der Waals surface area (Å²) in [6.07, 6.45) is 0. The summed E-state index contributed by atoms with van der Waals surface area (Å²) in [6, 6.07) is 91.5. The summed E-state index contributed by atoms with van der Waals surface area (Å²) in [4.78, 5) is 25.8. The molecule has 0 atom stereocenters. The standard InChI is InChI=1S/C68H44N6O2/c1-5-21-45(22-6-1)55-43-57(71-67(69-55)47-25-9-3-10-26-47)51-37-49(39-53(41-51)73-59-29-13-17-33-63(59)75-64-34-18-14-30-60(64)73)50-38-52(42-54(40-50)74-61-31-15-19-35-65(61)76-66-36-20-16-32-62(66)74)58-44-56(46-23-7-2-8-24-46)70-68(72-58)48-27-11-4-12-28-48/h1-44H. The zero-order valence-corrected chi connectivity index (χ0v) is 40.9. The maximum Gasteiger partial charge on any atom is 0.160 e. The van der Waals surface area contributed by atoms with Crippen LogP contribution >= 0.6 is 0 Å². The van der Waals surface area contributed by atoms with E-state index in [1.807, 2.05) is 121 Å². The number of rotatable bonds is 9. The first kappa shape index (κ1) is 44.3. The number of fused-ring (bicyclic) bond motifs is 4. The van der Waals surface area contributed by atoms with Crippen LogP contribution in [0.4, 0.5) is 34.1 Å². The van der Waals surface area contributed by atoms with Crippen molar-refractivity contribution in [3.63, 3.8) is 0 Å². The molecule has 0 spiro atoms. The van der Waals surface area contributed by atoms with Gasteiger partial charge in [-0.3, -0.25) is 0 Å². The van der Waals surface area contributed by atoms with Crippen molar-refractivity contribution < 1.29 is 9.47 Å². The Hall–Kier alpha value is -10.4. The van der Waals surface area contributed by atoms with Crippen LogP contribution in [0.2, 0.25) is 0 Å². The molecule has 4 heterocycles. The molecule has 0 N–H and O–H groups in total. The number of benzene rings is 10. The Balaban J connectivity index is 1.05. The minimum absolute atomic E-state index is 0.632. The van der Waals surface area contributed by atoms with Crippen LogP contribution in [-0.4, -0.2) is 19.9 Å². The molecular weight excluding hydrogens is 933 g/mol. The van der Waals surface area contributed by atoms with Gasteiger partial charge in [-0.05, 0) is 108 Å². The van der Waals surface area contributed by atoms with Crippen molar-refractivity contribution in [2.24, 2.45) is 0 Å². The zero-order chi connectivity index (χ0) is 50.4. The van der Waals surface area contributed by atoms with Crippen LogP contribution < -0.4 is 19.3 Å². The number of anilines is 6. The first-order chi connectivity index (χ1) is 37.6. The van der Waals surface area contributed by atoms with E-state index in [-0.39, 0.29) is 0 Å². The van der Waals surface area contributed by atoms with Gasteiger partial charge in [0.2, 0.25) is 0 Å². The highest BCUT2D eigenvalue weighted by atomic mass is 16.5. The maximum absolute atomic E-state index is 6.59. The molecule has 0 amide bonds. The molecule has 10 aromatic carbocycles. The number of aromatic nitrogens is 4. The van der Waals surface area contributed by atoms with Gasteiger partial charge < -0.3 is 19.3 Å². The summed E-state index contributed by atoms with van der Waals surface area (Å²) >= 11 is 0. The van der Waals surface area contributed by atoms with Crippen molar-refractivity contribution in [1.29, 1.82) is 0 Å². The number of hydrogen-bond acceptors (Lipinski definition) is 8. The van der Waals surface area contributed by atoms with Crippen LogP contribution in [0.1, 0.15) is 0 Å². The fourth-order valence-electron chi connectivity index (χ4n) is 10.2. The molecule has 0 unspecified atom stereocenters. The number of ether oxygens (including phenoxy) is 2. The van der Waals surface area contributed by atoms with Crippen molar-refractivity contribution in [2.45, 2.75) is 0 Å². The van der Waals surface area contributed by atoms with E-state index < -0.39 is 0 Å². The van der Waals surface area contributed by atoms with E-state index in [1.165, 1.54) is 0 Å². The molecule has 0 bridgehead atoms. The van der Waals surface area contributed by atoms with E-state index in [0.29, 0.717) is 11.6 Å². The van der Waals surface area contributed by atoms with Gasteiger partial charge >= 0.3 is 0 Å². The topological polar surface area (TPSA) is 76.5 Å². The van der Waals surface area contributed by atoms with Gasteiger partial charge in [0.1, 0.15) is 0 Å². The second-order valence-electron chi connectivity index (χ2n) is 18.7. The quantitative estimate of drug-likeness (QED) is 0.142. The lowest BCUT2D eigenvalue weighted by Crippen LogP contribution is -2.16. The Labute approximate surface area is 440 Å². The summed E-state index contributed by atoms with van der Waals surface area (Å²) in [5, 5.41) is 0. The molecule has 0 saturated carbocycles. The third kappa shape index (κ3) is 8.26. The Kier molecular flexibility index (Phi) is 11.0. The van der Waals surface area contributed by atoms with E-state index in [0.717, 1.165) is 124 Å². The van der Waals surface area contributed by atoms with Crippen molar-refractivity contribution in [2.75, 3.05) is 9.80 Å². The van der Waals surface area contributed by atoms with E-state index in [1.54, 1.807) is 0 Å². The molecule has 14 rings (SSSR count). The molecular formula is C68H44N6O2. The van der Waals surface area contributed by atoms with Gasteiger partial charge in [0.25, 0.3) is 0 Å². The maximum atomic E-state index is 6.59. The lowest BCUT2D eigenvalue weighted by Gasteiger charge is -2.34. The van der Waals surface area contributed by atoms with Gasteiger partial charge in [-0.25, -0.2) is 19.9 Å². The molecule has 2 aromatic heterocycles. The van der Waals surface area contributed by atoms with Crippen LogP contribution in [0.15, 0.2) is 267 Å². The SMILES string of the molecule is c1ccc(-c2cc(-c3cc(-c4cc(-c5cc(-c6ccccc6)nc(-c6ccccc6)n5)cc(N5c6ccccc6Oc6ccccc65)c4)cc(N4c5ccccc5Oc5ccccc54)c3)nc(-c3ccccc3)n2)cc1. The van der Waals surface area contributed by atoms with E-state index in [4.69, 9.17) is 29.4 Å². The monoisotopic (exact) mass is 976 g/mol. The molecule has 0 fully saturated rings. The highest BCUT2D eigenvalue weighted by Crippen LogP contribution is 2.54. The average Bonchev–Trinajstić information content (AvgIpc) is 3.56. The third-order valence-electron chi connectivity index (χ3n) is 13.8. The van der Waals surface area contributed by atoms with E-state index in [9.17, 15) is 0 Å². The lowest BCUT2D eigenvalue weighted by molar-refractivity contribution is 0.476. The van der Waals surface area contributed by atoms with Gasteiger partial charge in [0, 0.05) is 44.8 Å². The highest BCUT2D eigenvalue weighted by molar-refractivity contribution is 5.94. The minimum Gasteiger partial charge on any atom is -0.453 e. The summed E-state index contributed by atoms with van der Waals surface area (Å²) in [5.74, 6) is 4.30. The Morgan fingerprint density at radius 1 is 0.224 bits per heavy atom. The Morgan fingerprint density at radius 3 is 0.816 bits per heavy atom. The van der Waals surface area contributed by atoms with Crippen molar-refractivity contribution in [3.8, 4) is 102 Å². The van der Waals surface area contributed by atoms with E-state index in [2.05, 4.69) is 155 Å². The summed E-state index contributed by atoms with van der Waals surface area (Å²) in [5.41, 5.74) is 16.2. The molecule has 12 aromatic rings.